The smallest absolute Gasteiger partial charge is 0.303 e. The van der Waals surface area contributed by atoms with Gasteiger partial charge in [0.1, 0.15) is 17.2 Å². The van der Waals surface area contributed by atoms with Crippen LogP contribution in [-0.2, 0) is 15.1 Å². The number of carbonyl (C=O) groups excluding carboxylic acids is 1. The number of hydrogen-bond acceptors (Lipinski definition) is 3. The van der Waals surface area contributed by atoms with Gasteiger partial charge in [-0.3, -0.25) is 4.79 Å². The van der Waals surface area contributed by atoms with Crippen molar-refractivity contribution in [2.24, 2.45) is 0 Å². The summed E-state index contributed by atoms with van der Waals surface area (Å²) in [6.07, 6.45) is 3.34. The fraction of sp³-hybridized carbons (Fsp3) is 0.367. The molecule has 0 spiro atoms. The van der Waals surface area contributed by atoms with E-state index in [1.165, 1.54) is 36.8 Å². The molecule has 0 amide bonds. The molecule has 35 heavy (non-hydrogen) atoms. The van der Waals surface area contributed by atoms with Crippen LogP contribution < -0.4 is 0 Å². The number of piperidine rings is 1. The SMILES string of the molecule is CC(=O)OC1(c2ccc(C)cc2)CCN(CCCC(c2ccc(F)cc2)c2ccc(F)cc2)CC1. The predicted octanol–water partition coefficient (Wildman–Crippen LogP) is 6.74. The predicted molar refractivity (Wildman–Crippen MR) is 134 cm³/mol. The molecule has 0 N–H and O–H groups in total. The number of halogens is 2. The number of esters is 1. The molecule has 1 fully saturated rings. The molecule has 1 aliphatic heterocycles. The molecule has 0 saturated carbocycles. The van der Waals surface area contributed by atoms with Crippen LogP contribution in [-0.4, -0.2) is 30.5 Å². The Balaban J connectivity index is 1.40. The maximum Gasteiger partial charge on any atom is 0.303 e. The Morgan fingerprint density at radius 2 is 1.40 bits per heavy atom. The van der Waals surface area contributed by atoms with E-state index >= 15 is 0 Å². The number of benzene rings is 3. The fourth-order valence-corrected chi connectivity index (χ4v) is 5.15. The van der Waals surface area contributed by atoms with Crippen LogP contribution in [0.15, 0.2) is 72.8 Å². The van der Waals surface area contributed by atoms with E-state index in [4.69, 9.17) is 4.74 Å². The van der Waals surface area contributed by atoms with Gasteiger partial charge in [0.25, 0.3) is 0 Å². The summed E-state index contributed by atoms with van der Waals surface area (Å²) in [6.45, 7) is 6.14. The summed E-state index contributed by atoms with van der Waals surface area (Å²) >= 11 is 0. The van der Waals surface area contributed by atoms with Gasteiger partial charge in [-0.15, -0.1) is 0 Å². The highest BCUT2D eigenvalue weighted by Gasteiger charge is 2.39. The molecule has 0 radical (unpaired) electrons. The molecule has 1 aliphatic rings. The monoisotopic (exact) mass is 477 g/mol. The minimum Gasteiger partial charge on any atom is -0.454 e. The number of likely N-dealkylation sites (tertiary alicyclic amines) is 1. The van der Waals surface area contributed by atoms with Crippen molar-refractivity contribution in [1.29, 1.82) is 0 Å². The zero-order valence-electron chi connectivity index (χ0n) is 20.5. The van der Waals surface area contributed by atoms with Crippen LogP contribution >= 0.6 is 0 Å². The van der Waals surface area contributed by atoms with Gasteiger partial charge in [0.15, 0.2) is 0 Å². The van der Waals surface area contributed by atoms with E-state index in [0.717, 1.165) is 62.0 Å². The summed E-state index contributed by atoms with van der Waals surface area (Å²) in [5.41, 5.74) is 3.74. The molecule has 1 saturated heterocycles. The summed E-state index contributed by atoms with van der Waals surface area (Å²) in [5, 5.41) is 0. The lowest BCUT2D eigenvalue weighted by atomic mass is 9.83. The largest absolute Gasteiger partial charge is 0.454 e. The van der Waals surface area contributed by atoms with Gasteiger partial charge in [-0.25, -0.2) is 8.78 Å². The van der Waals surface area contributed by atoms with Gasteiger partial charge in [0, 0.05) is 38.8 Å². The molecular weight excluding hydrogens is 444 g/mol. The van der Waals surface area contributed by atoms with Crippen molar-refractivity contribution in [3.05, 3.63) is 107 Å². The quantitative estimate of drug-likeness (QED) is 0.337. The van der Waals surface area contributed by atoms with Crippen molar-refractivity contribution in [3.8, 4) is 0 Å². The lowest BCUT2D eigenvalue weighted by Gasteiger charge is -2.41. The Morgan fingerprint density at radius 1 is 0.886 bits per heavy atom. The van der Waals surface area contributed by atoms with Crippen molar-refractivity contribution < 1.29 is 18.3 Å². The lowest BCUT2D eigenvalue weighted by Crippen LogP contribution is -2.45. The molecule has 1 heterocycles. The van der Waals surface area contributed by atoms with Crippen LogP contribution in [0.2, 0.25) is 0 Å². The molecule has 3 aromatic carbocycles. The minimum absolute atomic E-state index is 0.0775. The molecule has 0 aliphatic carbocycles. The number of ether oxygens (including phenoxy) is 1. The van der Waals surface area contributed by atoms with E-state index in [0.29, 0.717) is 0 Å². The van der Waals surface area contributed by atoms with E-state index in [-0.39, 0.29) is 23.5 Å². The molecule has 4 rings (SSSR count). The summed E-state index contributed by atoms with van der Waals surface area (Å²) in [7, 11) is 0. The zero-order valence-corrected chi connectivity index (χ0v) is 20.5. The van der Waals surface area contributed by atoms with E-state index < -0.39 is 5.60 Å². The van der Waals surface area contributed by atoms with Gasteiger partial charge >= 0.3 is 5.97 Å². The Morgan fingerprint density at radius 3 is 1.89 bits per heavy atom. The summed E-state index contributed by atoms with van der Waals surface area (Å²) in [6, 6.07) is 21.5. The van der Waals surface area contributed by atoms with Gasteiger partial charge in [-0.05, 0) is 67.3 Å². The molecule has 0 bridgehead atoms. The highest BCUT2D eigenvalue weighted by atomic mass is 19.1. The standard InChI is InChI=1S/C30H33F2NO2/c1-22-5-11-26(12-6-22)30(35-23(2)34)17-20-33(21-18-30)19-3-4-29(24-7-13-27(31)14-8-24)25-9-15-28(32)16-10-25/h5-16,29H,3-4,17-21H2,1-2H3. The molecular formula is C30H33F2NO2. The first-order valence-electron chi connectivity index (χ1n) is 12.3. The summed E-state index contributed by atoms with van der Waals surface area (Å²) in [4.78, 5) is 14.3. The van der Waals surface area contributed by atoms with Gasteiger partial charge < -0.3 is 9.64 Å². The first-order chi connectivity index (χ1) is 16.8. The molecule has 3 nitrogen and oxygen atoms in total. The van der Waals surface area contributed by atoms with E-state index in [1.807, 2.05) is 24.3 Å². The first-order valence-corrected chi connectivity index (χ1v) is 12.3. The van der Waals surface area contributed by atoms with Crippen molar-refractivity contribution >= 4 is 5.97 Å². The van der Waals surface area contributed by atoms with Crippen molar-refractivity contribution in [2.75, 3.05) is 19.6 Å². The molecule has 5 heteroatoms. The first kappa shape index (κ1) is 25.1. The molecule has 3 aromatic rings. The van der Waals surface area contributed by atoms with Gasteiger partial charge in [-0.1, -0.05) is 54.1 Å². The van der Waals surface area contributed by atoms with E-state index in [2.05, 4.69) is 36.1 Å². The molecule has 0 unspecified atom stereocenters. The van der Waals surface area contributed by atoms with Crippen molar-refractivity contribution in [1.82, 2.24) is 4.90 Å². The Bertz CT molecular complexity index is 1060. The summed E-state index contributed by atoms with van der Waals surface area (Å²) < 4.78 is 32.9. The molecule has 0 atom stereocenters. The fourth-order valence-electron chi connectivity index (χ4n) is 5.15. The normalized spacial score (nSPS) is 15.8. The van der Waals surface area contributed by atoms with Crippen LogP contribution in [0, 0.1) is 18.6 Å². The second-order valence-corrected chi connectivity index (χ2v) is 9.59. The minimum atomic E-state index is -0.569. The second kappa shape index (κ2) is 11.1. The van der Waals surface area contributed by atoms with E-state index in [9.17, 15) is 13.6 Å². The van der Waals surface area contributed by atoms with E-state index in [1.54, 1.807) is 0 Å². The van der Waals surface area contributed by atoms with Crippen LogP contribution in [0.3, 0.4) is 0 Å². The highest BCUT2D eigenvalue weighted by Crippen LogP contribution is 2.37. The Labute approximate surface area is 206 Å². The van der Waals surface area contributed by atoms with Crippen LogP contribution in [0.4, 0.5) is 8.78 Å². The average Bonchev–Trinajstić information content (AvgIpc) is 2.84. The van der Waals surface area contributed by atoms with Gasteiger partial charge in [0.2, 0.25) is 0 Å². The molecule has 0 aromatic heterocycles. The third-order valence-corrected chi connectivity index (χ3v) is 7.09. The maximum atomic E-state index is 13.5. The number of hydrogen-bond donors (Lipinski definition) is 0. The second-order valence-electron chi connectivity index (χ2n) is 9.59. The third-order valence-electron chi connectivity index (χ3n) is 7.09. The third kappa shape index (κ3) is 6.34. The van der Waals surface area contributed by atoms with Crippen molar-refractivity contribution in [3.63, 3.8) is 0 Å². The highest BCUT2D eigenvalue weighted by molar-refractivity contribution is 5.67. The van der Waals surface area contributed by atoms with Crippen molar-refractivity contribution in [2.45, 2.75) is 51.0 Å². The number of aryl methyl sites for hydroxylation is 1. The number of carbonyl (C=O) groups is 1. The zero-order chi connectivity index (χ0) is 24.8. The average molecular weight is 478 g/mol. The topological polar surface area (TPSA) is 29.5 Å². The van der Waals surface area contributed by atoms with Gasteiger partial charge in [0.05, 0.1) is 0 Å². The van der Waals surface area contributed by atoms with Crippen LogP contribution in [0.5, 0.6) is 0 Å². The van der Waals surface area contributed by atoms with Gasteiger partial charge in [-0.2, -0.15) is 0 Å². The Hall–Kier alpha value is -3.05. The maximum absolute atomic E-state index is 13.5. The summed E-state index contributed by atoms with van der Waals surface area (Å²) in [5.74, 6) is -0.691. The lowest BCUT2D eigenvalue weighted by molar-refractivity contribution is -0.164. The number of rotatable bonds is 8. The Kier molecular flexibility index (Phi) is 7.97. The van der Waals surface area contributed by atoms with Crippen LogP contribution in [0.25, 0.3) is 0 Å². The molecule has 184 valence electrons. The number of nitrogens with zero attached hydrogens (tertiary/aromatic N) is 1. The van der Waals surface area contributed by atoms with Crippen LogP contribution in [0.1, 0.15) is 60.8 Å².